The van der Waals surface area contributed by atoms with Crippen LogP contribution in [0.1, 0.15) is 44.6 Å². The molecule has 1 fully saturated rings. The summed E-state index contributed by atoms with van der Waals surface area (Å²) in [4.78, 5) is 0. The van der Waals surface area contributed by atoms with Crippen molar-refractivity contribution in [2.24, 2.45) is 0 Å². The third-order valence-corrected chi connectivity index (χ3v) is 4.66. The molecule has 0 aromatic heterocycles. The van der Waals surface area contributed by atoms with E-state index in [4.69, 9.17) is 4.74 Å². The van der Waals surface area contributed by atoms with E-state index >= 15 is 0 Å². The first-order chi connectivity index (χ1) is 10.1. The zero-order valence-electron chi connectivity index (χ0n) is 12.9. The quantitative estimate of drug-likeness (QED) is 0.861. The molecule has 0 radical (unpaired) electrons. The molecule has 1 unspecified atom stereocenters. The molecule has 0 heterocycles. The van der Waals surface area contributed by atoms with Crippen molar-refractivity contribution in [1.29, 1.82) is 0 Å². The van der Waals surface area contributed by atoms with E-state index in [2.05, 4.69) is 5.32 Å². The zero-order valence-corrected chi connectivity index (χ0v) is 12.9. The highest BCUT2D eigenvalue weighted by Crippen LogP contribution is 2.35. The van der Waals surface area contributed by atoms with E-state index in [0.29, 0.717) is 6.42 Å². The molecule has 1 aliphatic rings. The largest absolute Gasteiger partial charge is 0.377 e. The van der Waals surface area contributed by atoms with E-state index in [1.165, 1.54) is 24.6 Å². The molecule has 2 nitrogen and oxygen atoms in total. The lowest BCUT2D eigenvalue weighted by molar-refractivity contribution is -0.0672. The van der Waals surface area contributed by atoms with Crippen molar-refractivity contribution < 1.29 is 13.5 Å². The molecular formula is C17H25F2NO. The molecule has 4 heteroatoms. The highest BCUT2D eigenvalue weighted by molar-refractivity contribution is 5.22. The maximum absolute atomic E-state index is 13.9. The van der Waals surface area contributed by atoms with Crippen LogP contribution in [0.2, 0.25) is 0 Å². The summed E-state index contributed by atoms with van der Waals surface area (Å²) in [5, 5.41) is 3.39. The Kier molecular flexibility index (Phi) is 5.71. The van der Waals surface area contributed by atoms with Gasteiger partial charge in [-0.15, -0.1) is 0 Å². The summed E-state index contributed by atoms with van der Waals surface area (Å²) in [5.41, 5.74) is -0.159. The number of halogens is 2. The summed E-state index contributed by atoms with van der Waals surface area (Å²) >= 11 is 0. The van der Waals surface area contributed by atoms with Gasteiger partial charge in [-0.2, -0.15) is 0 Å². The molecule has 1 aromatic rings. The summed E-state index contributed by atoms with van der Waals surface area (Å²) in [7, 11) is 1.72. The van der Waals surface area contributed by atoms with E-state index in [9.17, 15) is 8.78 Å². The van der Waals surface area contributed by atoms with Gasteiger partial charge in [0.05, 0.1) is 5.60 Å². The van der Waals surface area contributed by atoms with Gasteiger partial charge in [-0.05, 0) is 37.9 Å². The van der Waals surface area contributed by atoms with Crippen LogP contribution in [0, 0.1) is 11.6 Å². The smallest absolute Gasteiger partial charge is 0.129 e. The molecule has 0 amide bonds. The average Bonchev–Trinajstić information content (AvgIpc) is 2.50. The van der Waals surface area contributed by atoms with Crippen molar-refractivity contribution in [3.63, 3.8) is 0 Å². The summed E-state index contributed by atoms with van der Waals surface area (Å²) in [5.74, 6) is -0.945. The standard InChI is InChI=1S/C17H25F2NO/c1-3-20-16(17(21-2)10-5-4-6-11-17)12-13-14(18)8-7-9-15(13)19/h7-9,16,20H,3-6,10-12H2,1-2H3. The molecule has 1 aromatic carbocycles. The molecule has 118 valence electrons. The highest BCUT2D eigenvalue weighted by atomic mass is 19.1. The maximum Gasteiger partial charge on any atom is 0.129 e. The van der Waals surface area contributed by atoms with Gasteiger partial charge in [0.2, 0.25) is 0 Å². The lowest BCUT2D eigenvalue weighted by atomic mass is 9.77. The van der Waals surface area contributed by atoms with Gasteiger partial charge in [0, 0.05) is 18.7 Å². The number of likely N-dealkylation sites (N-methyl/N-ethyl adjacent to an activating group) is 1. The van der Waals surface area contributed by atoms with Crippen LogP contribution in [0.15, 0.2) is 18.2 Å². The van der Waals surface area contributed by atoms with E-state index in [0.717, 1.165) is 32.2 Å². The number of ether oxygens (including phenoxy) is 1. The molecule has 0 spiro atoms. The lowest BCUT2D eigenvalue weighted by Crippen LogP contribution is -2.54. The second kappa shape index (κ2) is 7.32. The van der Waals surface area contributed by atoms with Crippen molar-refractivity contribution >= 4 is 0 Å². The lowest BCUT2D eigenvalue weighted by Gasteiger charge is -2.43. The topological polar surface area (TPSA) is 21.3 Å². The Hall–Kier alpha value is -1.00. The van der Waals surface area contributed by atoms with Crippen molar-refractivity contribution in [3.8, 4) is 0 Å². The summed E-state index contributed by atoms with van der Waals surface area (Å²) in [6.07, 6.45) is 5.62. The molecular weight excluding hydrogens is 272 g/mol. The first kappa shape index (κ1) is 16.4. The van der Waals surface area contributed by atoms with Crippen LogP contribution in [0.3, 0.4) is 0 Å². The fourth-order valence-electron chi connectivity index (χ4n) is 3.47. The van der Waals surface area contributed by atoms with E-state index in [1.807, 2.05) is 6.92 Å². The molecule has 21 heavy (non-hydrogen) atoms. The summed E-state index contributed by atoms with van der Waals surface area (Å²) < 4.78 is 33.7. The van der Waals surface area contributed by atoms with Crippen LogP contribution in [-0.4, -0.2) is 25.3 Å². The van der Waals surface area contributed by atoms with Gasteiger partial charge in [0.15, 0.2) is 0 Å². The number of hydrogen-bond donors (Lipinski definition) is 1. The van der Waals surface area contributed by atoms with Crippen LogP contribution in [-0.2, 0) is 11.2 Å². The molecule has 0 aliphatic heterocycles. The van der Waals surface area contributed by atoms with Gasteiger partial charge in [0.1, 0.15) is 11.6 Å². The van der Waals surface area contributed by atoms with E-state index in [1.54, 1.807) is 7.11 Å². The molecule has 0 saturated heterocycles. The van der Waals surface area contributed by atoms with Crippen molar-refractivity contribution in [2.75, 3.05) is 13.7 Å². The van der Waals surface area contributed by atoms with Gasteiger partial charge in [0.25, 0.3) is 0 Å². The van der Waals surface area contributed by atoms with Gasteiger partial charge >= 0.3 is 0 Å². The van der Waals surface area contributed by atoms with Crippen LogP contribution in [0.5, 0.6) is 0 Å². The fraction of sp³-hybridized carbons (Fsp3) is 0.647. The number of nitrogens with one attached hydrogen (secondary N) is 1. The van der Waals surface area contributed by atoms with Crippen LogP contribution >= 0.6 is 0 Å². The monoisotopic (exact) mass is 297 g/mol. The first-order valence-corrected chi connectivity index (χ1v) is 7.84. The molecule has 1 N–H and O–H groups in total. The normalized spacial score (nSPS) is 19.4. The highest BCUT2D eigenvalue weighted by Gasteiger charge is 2.40. The Morgan fingerprint density at radius 1 is 1.19 bits per heavy atom. The van der Waals surface area contributed by atoms with E-state index < -0.39 is 11.6 Å². The third-order valence-electron chi connectivity index (χ3n) is 4.66. The average molecular weight is 297 g/mol. The number of methoxy groups -OCH3 is 1. The molecule has 1 atom stereocenters. The van der Waals surface area contributed by atoms with Crippen molar-refractivity contribution in [2.45, 2.75) is 57.1 Å². The Bertz CT molecular complexity index is 438. The van der Waals surface area contributed by atoms with Gasteiger partial charge < -0.3 is 10.1 Å². The fourth-order valence-corrected chi connectivity index (χ4v) is 3.47. The number of benzene rings is 1. The summed E-state index contributed by atoms with van der Waals surface area (Å²) in [6.45, 7) is 2.77. The first-order valence-electron chi connectivity index (χ1n) is 7.84. The summed E-state index contributed by atoms with van der Waals surface area (Å²) in [6, 6.07) is 3.98. The molecule has 1 saturated carbocycles. The second-order valence-electron chi connectivity index (χ2n) is 5.84. The Morgan fingerprint density at radius 3 is 2.33 bits per heavy atom. The molecule has 0 bridgehead atoms. The molecule has 2 rings (SSSR count). The minimum absolute atomic E-state index is 0.0702. The van der Waals surface area contributed by atoms with Crippen molar-refractivity contribution in [1.82, 2.24) is 5.32 Å². The Morgan fingerprint density at radius 2 is 1.81 bits per heavy atom. The molecule has 1 aliphatic carbocycles. The van der Waals surface area contributed by atoms with Crippen LogP contribution in [0.4, 0.5) is 8.78 Å². The Labute approximate surface area is 125 Å². The van der Waals surface area contributed by atoms with E-state index in [-0.39, 0.29) is 17.2 Å². The van der Waals surface area contributed by atoms with Gasteiger partial charge in [-0.25, -0.2) is 8.78 Å². The van der Waals surface area contributed by atoms with Crippen LogP contribution < -0.4 is 5.32 Å². The van der Waals surface area contributed by atoms with Crippen LogP contribution in [0.25, 0.3) is 0 Å². The van der Waals surface area contributed by atoms with Crippen molar-refractivity contribution in [3.05, 3.63) is 35.4 Å². The van der Waals surface area contributed by atoms with Gasteiger partial charge in [-0.3, -0.25) is 0 Å². The third kappa shape index (κ3) is 3.61. The minimum atomic E-state index is -0.472. The predicted octanol–water partition coefficient (Wildman–Crippen LogP) is 3.83. The maximum atomic E-state index is 13.9. The second-order valence-corrected chi connectivity index (χ2v) is 5.84. The predicted molar refractivity (Wildman–Crippen MR) is 80.4 cm³/mol. The van der Waals surface area contributed by atoms with Gasteiger partial charge in [-0.1, -0.05) is 32.3 Å². The number of hydrogen-bond acceptors (Lipinski definition) is 2. The Balaban J connectivity index is 2.25. The number of rotatable bonds is 6. The SMILES string of the molecule is CCNC(Cc1c(F)cccc1F)C1(OC)CCCCC1. The zero-order chi connectivity index (χ0) is 15.3. The minimum Gasteiger partial charge on any atom is -0.377 e.